The molecular formula is C23H21ClFN3O6S. The number of nitrogens with two attached hydrogens (primary N) is 1. The van der Waals surface area contributed by atoms with Crippen LogP contribution in [0.25, 0.3) is 0 Å². The summed E-state index contributed by atoms with van der Waals surface area (Å²) in [4.78, 5) is 28.5. The molecule has 0 bridgehead atoms. The summed E-state index contributed by atoms with van der Waals surface area (Å²) in [5, 5.41) is 18.5. The van der Waals surface area contributed by atoms with Crippen LogP contribution in [0.15, 0.2) is 47.6 Å². The molecule has 2 aliphatic carbocycles. The van der Waals surface area contributed by atoms with E-state index in [0.717, 1.165) is 18.2 Å². The predicted octanol–water partition coefficient (Wildman–Crippen LogP) is 2.59. The van der Waals surface area contributed by atoms with Crippen LogP contribution in [0.5, 0.6) is 5.75 Å². The van der Waals surface area contributed by atoms with E-state index in [0.29, 0.717) is 5.75 Å². The van der Waals surface area contributed by atoms with Crippen molar-refractivity contribution in [3.63, 3.8) is 0 Å². The molecule has 2 saturated carbocycles. The van der Waals surface area contributed by atoms with Crippen molar-refractivity contribution < 1.29 is 32.2 Å². The largest absolute Gasteiger partial charge is 0.492 e. The van der Waals surface area contributed by atoms with Gasteiger partial charge in [0, 0.05) is 18.0 Å². The molecule has 1 aromatic carbocycles. The maximum Gasteiger partial charge on any atom is 0.310 e. The fourth-order valence-corrected chi connectivity index (χ4v) is 7.71. The van der Waals surface area contributed by atoms with Crippen LogP contribution < -0.4 is 10.5 Å². The number of aliphatic carboxylic acids is 1. The molecule has 0 radical (unpaired) electrons. The molecular weight excluding hydrogens is 501 g/mol. The van der Waals surface area contributed by atoms with E-state index in [1.165, 1.54) is 12.4 Å². The van der Waals surface area contributed by atoms with Crippen LogP contribution in [-0.2, 0) is 19.4 Å². The van der Waals surface area contributed by atoms with Crippen molar-refractivity contribution in [2.45, 2.75) is 29.4 Å². The summed E-state index contributed by atoms with van der Waals surface area (Å²) < 4.78 is 46.3. The van der Waals surface area contributed by atoms with Crippen molar-refractivity contribution in [2.75, 3.05) is 6.61 Å². The number of carboxylic acid groups (broad SMARTS) is 1. The van der Waals surface area contributed by atoms with Gasteiger partial charge >= 0.3 is 5.97 Å². The number of carboxylic acids is 1. The molecule has 1 aromatic heterocycles. The second-order valence-electron chi connectivity index (χ2n) is 8.93. The lowest BCUT2D eigenvalue weighted by Gasteiger charge is -2.32. The number of carbonyl (C=O) groups is 2. The molecule has 5 atom stereocenters. The average molecular weight is 522 g/mol. The molecule has 184 valence electrons. The first-order valence-corrected chi connectivity index (χ1v) is 12.6. The number of hydrogen-bond donors (Lipinski definition) is 2. The van der Waals surface area contributed by atoms with Gasteiger partial charge in [0.1, 0.15) is 17.0 Å². The van der Waals surface area contributed by atoms with Crippen LogP contribution >= 0.6 is 11.6 Å². The van der Waals surface area contributed by atoms with Gasteiger partial charge in [0.15, 0.2) is 9.84 Å². The number of carbonyl (C=O) groups excluding carboxylic acids is 1. The Morgan fingerprint density at radius 3 is 2.63 bits per heavy atom. The number of hydrogen-bond acceptors (Lipinski definition) is 7. The Morgan fingerprint density at radius 1 is 1.34 bits per heavy atom. The van der Waals surface area contributed by atoms with Crippen LogP contribution in [0.3, 0.4) is 0 Å². The van der Waals surface area contributed by atoms with E-state index in [2.05, 4.69) is 4.98 Å². The highest BCUT2D eigenvalue weighted by Gasteiger charge is 2.75. The zero-order valence-corrected chi connectivity index (χ0v) is 19.8. The van der Waals surface area contributed by atoms with Crippen molar-refractivity contribution in [2.24, 2.45) is 28.4 Å². The summed E-state index contributed by atoms with van der Waals surface area (Å²) in [5.74, 6) is -4.56. The lowest BCUT2D eigenvalue weighted by atomic mass is 9.71. The summed E-state index contributed by atoms with van der Waals surface area (Å²) in [6.07, 6.45) is 2.32. The minimum absolute atomic E-state index is 0.0986. The van der Waals surface area contributed by atoms with Gasteiger partial charge in [-0.25, -0.2) is 12.8 Å². The fourth-order valence-electron chi connectivity index (χ4n) is 5.30. The molecule has 0 aliphatic heterocycles. The summed E-state index contributed by atoms with van der Waals surface area (Å²) in [5.41, 5.74) is 1.96. The molecule has 35 heavy (non-hydrogen) atoms. The second-order valence-corrected chi connectivity index (χ2v) is 11.5. The van der Waals surface area contributed by atoms with Gasteiger partial charge in [-0.3, -0.25) is 14.6 Å². The third-order valence-corrected chi connectivity index (χ3v) is 9.82. The zero-order chi connectivity index (χ0) is 25.6. The number of amides is 1. The first-order valence-electron chi connectivity index (χ1n) is 10.7. The maximum atomic E-state index is 13.5. The van der Waals surface area contributed by atoms with E-state index in [1.54, 1.807) is 12.1 Å². The lowest BCUT2D eigenvalue weighted by molar-refractivity contribution is -0.154. The second kappa shape index (κ2) is 8.77. The Hall–Kier alpha value is -3.23. The van der Waals surface area contributed by atoms with Gasteiger partial charge < -0.3 is 15.6 Å². The minimum atomic E-state index is -4.21. The van der Waals surface area contributed by atoms with Gasteiger partial charge in [-0.15, -0.1) is 0 Å². The van der Waals surface area contributed by atoms with E-state index < -0.39 is 55.4 Å². The van der Waals surface area contributed by atoms with Gasteiger partial charge in [0.25, 0.3) is 0 Å². The quantitative estimate of drug-likeness (QED) is 0.501. The fraction of sp³-hybridized carbons (Fsp3) is 0.391. The van der Waals surface area contributed by atoms with E-state index in [1.807, 2.05) is 6.07 Å². The van der Waals surface area contributed by atoms with Crippen molar-refractivity contribution in [3.8, 4) is 11.8 Å². The van der Waals surface area contributed by atoms with Crippen molar-refractivity contribution in [1.29, 1.82) is 5.26 Å². The molecule has 2 unspecified atom stereocenters. The molecule has 0 spiro atoms. The van der Waals surface area contributed by atoms with Gasteiger partial charge in [0.2, 0.25) is 5.91 Å². The van der Waals surface area contributed by atoms with Gasteiger partial charge in [-0.1, -0.05) is 11.6 Å². The van der Waals surface area contributed by atoms with Crippen LogP contribution in [0.2, 0.25) is 5.02 Å². The third kappa shape index (κ3) is 4.00. The van der Waals surface area contributed by atoms with E-state index >= 15 is 0 Å². The summed E-state index contributed by atoms with van der Waals surface area (Å²) in [6, 6.07) is 7.94. The molecule has 2 fully saturated rings. The smallest absolute Gasteiger partial charge is 0.310 e. The highest BCUT2D eigenvalue weighted by atomic mass is 35.5. The molecule has 0 saturated heterocycles. The van der Waals surface area contributed by atoms with Gasteiger partial charge in [-0.05, 0) is 49.6 Å². The standard InChI is InChI=1S/C23H21ClFN3O6S/c24-17-7-14(25)3-4-18(17)35(32,33)16-6-13(11-34-15-2-1-5-28-10-15)23(8-16,21(30)31)19-9-22(19,12-26)20(27)29/h1-5,7,10,13,16,19H,6,8-9,11H2,(H2,27,29)(H,30,31)/t13-,16-,19?,22?,23-/m0/s1. The third-order valence-electron chi connectivity index (χ3n) is 7.19. The summed E-state index contributed by atoms with van der Waals surface area (Å²) in [6.45, 7) is -0.196. The summed E-state index contributed by atoms with van der Waals surface area (Å²) in [7, 11) is -4.21. The van der Waals surface area contributed by atoms with Crippen LogP contribution in [-0.4, -0.2) is 42.2 Å². The Kier molecular flexibility index (Phi) is 6.23. The molecule has 1 heterocycles. The first-order chi connectivity index (χ1) is 16.5. The molecule has 2 aliphatic rings. The molecule has 2 aromatic rings. The normalized spacial score (nSPS) is 29.8. The average Bonchev–Trinajstić information content (AvgIpc) is 3.44. The van der Waals surface area contributed by atoms with E-state index in [9.17, 15) is 32.8 Å². The Bertz CT molecular complexity index is 1330. The number of sulfone groups is 1. The SMILES string of the molecule is N#CC1(C(N)=O)CC1[C@]1(C(=O)O)C[C@@H](S(=O)(=O)c2ccc(F)cc2Cl)C[C@H]1COc1cccnc1. The predicted molar refractivity (Wildman–Crippen MR) is 120 cm³/mol. The lowest BCUT2D eigenvalue weighted by Crippen LogP contribution is -2.43. The molecule has 4 rings (SSSR count). The number of benzene rings is 1. The van der Waals surface area contributed by atoms with E-state index in [-0.39, 0.29) is 35.8 Å². The number of primary amides is 1. The van der Waals surface area contributed by atoms with Gasteiger partial charge in [0.05, 0.1) is 39.5 Å². The Balaban J connectivity index is 1.75. The van der Waals surface area contributed by atoms with Crippen LogP contribution in [0, 0.1) is 39.8 Å². The first kappa shape index (κ1) is 24.9. The molecule has 12 heteroatoms. The number of halogens is 2. The number of nitriles is 1. The minimum Gasteiger partial charge on any atom is -0.492 e. The molecule has 1 amide bonds. The Morgan fingerprint density at radius 2 is 2.09 bits per heavy atom. The molecule has 9 nitrogen and oxygen atoms in total. The maximum absolute atomic E-state index is 13.5. The van der Waals surface area contributed by atoms with Crippen molar-refractivity contribution in [1.82, 2.24) is 4.98 Å². The summed E-state index contributed by atoms with van der Waals surface area (Å²) >= 11 is 6.02. The monoisotopic (exact) mass is 521 g/mol. The number of rotatable bonds is 8. The topological polar surface area (TPSA) is 160 Å². The van der Waals surface area contributed by atoms with Crippen LogP contribution in [0.4, 0.5) is 4.39 Å². The number of nitrogens with zero attached hydrogens (tertiary/aromatic N) is 2. The highest BCUT2D eigenvalue weighted by molar-refractivity contribution is 7.92. The Labute approximate surface area is 205 Å². The van der Waals surface area contributed by atoms with Crippen molar-refractivity contribution >= 4 is 33.3 Å². The number of ether oxygens (including phenoxy) is 1. The van der Waals surface area contributed by atoms with Crippen LogP contribution in [0.1, 0.15) is 19.3 Å². The van der Waals surface area contributed by atoms with E-state index in [4.69, 9.17) is 22.1 Å². The highest BCUT2D eigenvalue weighted by Crippen LogP contribution is 2.68. The number of aromatic nitrogens is 1. The molecule has 3 N–H and O–H groups in total. The van der Waals surface area contributed by atoms with Crippen molar-refractivity contribution in [3.05, 3.63) is 53.6 Å². The zero-order valence-electron chi connectivity index (χ0n) is 18.2. The number of pyridine rings is 1. The van der Waals surface area contributed by atoms with Gasteiger partial charge in [-0.2, -0.15) is 5.26 Å².